The number of aldehydes is 1. The van der Waals surface area contributed by atoms with Crippen LogP contribution in [0.15, 0.2) is 67.1 Å². The lowest BCUT2D eigenvalue weighted by atomic mass is 10.1. The Morgan fingerprint density at radius 2 is 1.82 bits per heavy atom. The van der Waals surface area contributed by atoms with Crippen molar-refractivity contribution >= 4 is 6.29 Å². The fourth-order valence-electron chi connectivity index (χ4n) is 2.27. The molecule has 0 fully saturated rings. The van der Waals surface area contributed by atoms with Crippen LogP contribution < -0.4 is 0 Å². The molecule has 110 valence electrons. The molecule has 0 radical (unpaired) electrons. The van der Waals surface area contributed by atoms with Gasteiger partial charge in [-0.25, -0.2) is 0 Å². The van der Waals surface area contributed by atoms with Crippen molar-refractivity contribution in [3.05, 3.63) is 78.4 Å². The van der Waals surface area contributed by atoms with E-state index < -0.39 is 0 Å². The van der Waals surface area contributed by atoms with E-state index in [-0.39, 0.29) is 0 Å². The highest BCUT2D eigenvalue weighted by Gasteiger charge is 2.07. The fourth-order valence-corrected chi connectivity index (χ4v) is 2.27. The van der Waals surface area contributed by atoms with Crippen molar-refractivity contribution in [2.24, 2.45) is 0 Å². The summed E-state index contributed by atoms with van der Waals surface area (Å²) in [6.07, 6.45) is 6.24. The first-order chi connectivity index (χ1) is 10.9. The summed E-state index contributed by atoms with van der Waals surface area (Å²) < 4.78 is 7.50. The van der Waals surface area contributed by atoms with E-state index in [1.165, 1.54) is 0 Å². The standard InChI is InChI=1S/C18H16N2O2/c21-12-18-10-17(16-6-8-19-9-7-16)11-20(18)14-22-13-15-4-2-1-3-5-15/h1-12H,13-14H2. The zero-order valence-electron chi connectivity index (χ0n) is 12.1. The molecule has 4 heteroatoms. The van der Waals surface area contributed by atoms with Crippen molar-refractivity contribution in [3.63, 3.8) is 0 Å². The second kappa shape index (κ2) is 6.83. The summed E-state index contributed by atoms with van der Waals surface area (Å²) in [7, 11) is 0. The van der Waals surface area contributed by atoms with Gasteiger partial charge in [-0.1, -0.05) is 30.3 Å². The fraction of sp³-hybridized carbons (Fsp3) is 0.111. The van der Waals surface area contributed by atoms with Crippen LogP contribution in [-0.4, -0.2) is 15.8 Å². The topological polar surface area (TPSA) is 44.1 Å². The molecular formula is C18H16N2O2. The van der Waals surface area contributed by atoms with Crippen LogP contribution >= 0.6 is 0 Å². The van der Waals surface area contributed by atoms with Crippen LogP contribution in [0.5, 0.6) is 0 Å². The first kappa shape index (κ1) is 14.2. The maximum atomic E-state index is 11.2. The zero-order valence-corrected chi connectivity index (χ0v) is 12.1. The first-order valence-corrected chi connectivity index (χ1v) is 7.04. The number of benzene rings is 1. The van der Waals surface area contributed by atoms with E-state index in [2.05, 4.69) is 4.98 Å². The molecule has 2 aromatic heterocycles. The number of aromatic nitrogens is 2. The molecule has 0 saturated carbocycles. The van der Waals surface area contributed by atoms with E-state index >= 15 is 0 Å². The van der Waals surface area contributed by atoms with E-state index in [1.807, 2.05) is 59.3 Å². The van der Waals surface area contributed by atoms with Crippen LogP contribution in [0.2, 0.25) is 0 Å². The summed E-state index contributed by atoms with van der Waals surface area (Å²) >= 11 is 0. The average molecular weight is 292 g/mol. The second-order valence-corrected chi connectivity index (χ2v) is 4.94. The molecule has 0 bridgehead atoms. The van der Waals surface area contributed by atoms with Gasteiger partial charge in [0.15, 0.2) is 6.29 Å². The molecule has 22 heavy (non-hydrogen) atoms. The van der Waals surface area contributed by atoms with Gasteiger partial charge in [0.1, 0.15) is 6.73 Å². The monoisotopic (exact) mass is 292 g/mol. The number of nitrogens with zero attached hydrogens (tertiary/aromatic N) is 2. The van der Waals surface area contributed by atoms with Crippen molar-refractivity contribution in [3.8, 4) is 11.1 Å². The number of ether oxygens (including phenoxy) is 1. The van der Waals surface area contributed by atoms with Gasteiger partial charge in [-0.2, -0.15) is 0 Å². The largest absolute Gasteiger partial charge is 0.356 e. The Morgan fingerprint density at radius 3 is 2.55 bits per heavy atom. The minimum absolute atomic E-state index is 0.341. The van der Waals surface area contributed by atoms with Crippen molar-refractivity contribution in [2.75, 3.05) is 0 Å². The molecule has 0 aliphatic carbocycles. The molecule has 1 aromatic carbocycles. The summed E-state index contributed by atoms with van der Waals surface area (Å²) in [5.41, 5.74) is 3.71. The van der Waals surface area contributed by atoms with Gasteiger partial charge in [-0.15, -0.1) is 0 Å². The molecule has 3 aromatic rings. The van der Waals surface area contributed by atoms with Gasteiger partial charge >= 0.3 is 0 Å². The van der Waals surface area contributed by atoms with Gasteiger partial charge in [0, 0.05) is 24.2 Å². The molecule has 0 spiro atoms. The van der Waals surface area contributed by atoms with Crippen molar-refractivity contribution in [2.45, 2.75) is 13.3 Å². The summed E-state index contributed by atoms with van der Waals surface area (Å²) in [6.45, 7) is 0.857. The molecule has 0 atom stereocenters. The Morgan fingerprint density at radius 1 is 1.05 bits per heavy atom. The highest BCUT2D eigenvalue weighted by atomic mass is 16.5. The molecule has 0 N–H and O–H groups in total. The van der Waals surface area contributed by atoms with Crippen LogP contribution in [-0.2, 0) is 18.1 Å². The minimum Gasteiger partial charge on any atom is -0.356 e. The number of pyridine rings is 1. The molecule has 4 nitrogen and oxygen atoms in total. The molecule has 3 rings (SSSR count). The van der Waals surface area contributed by atoms with E-state index in [1.54, 1.807) is 12.4 Å². The predicted octanol–water partition coefficient (Wildman–Crippen LogP) is 3.54. The molecule has 0 aliphatic heterocycles. The summed E-state index contributed by atoms with van der Waals surface area (Å²) in [5, 5.41) is 0. The number of hydrogen-bond donors (Lipinski definition) is 0. The van der Waals surface area contributed by atoms with Gasteiger partial charge in [0.25, 0.3) is 0 Å². The Labute approximate surface area is 129 Å². The van der Waals surface area contributed by atoms with Crippen molar-refractivity contribution in [1.82, 2.24) is 9.55 Å². The first-order valence-electron chi connectivity index (χ1n) is 7.04. The van der Waals surface area contributed by atoms with Crippen LogP contribution in [0, 0.1) is 0 Å². The Balaban J connectivity index is 1.71. The van der Waals surface area contributed by atoms with Crippen LogP contribution in [0.3, 0.4) is 0 Å². The smallest absolute Gasteiger partial charge is 0.166 e. The molecule has 0 aliphatic rings. The van der Waals surface area contributed by atoms with Crippen molar-refractivity contribution in [1.29, 1.82) is 0 Å². The lowest BCUT2D eigenvalue weighted by molar-refractivity contribution is 0.0623. The molecule has 2 heterocycles. The second-order valence-electron chi connectivity index (χ2n) is 4.94. The number of carbonyl (C=O) groups is 1. The predicted molar refractivity (Wildman–Crippen MR) is 84.3 cm³/mol. The molecule has 0 unspecified atom stereocenters. The lowest BCUT2D eigenvalue weighted by Gasteiger charge is -2.07. The highest BCUT2D eigenvalue weighted by molar-refractivity contribution is 5.77. The minimum atomic E-state index is 0.341. The van der Waals surface area contributed by atoms with Gasteiger partial charge in [0.2, 0.25) is 0 Å². The van der Waals surface area contributed by atoms with Gasteiger partial charge < -0.3 is 9.30 Å². The van der Waals surface area contributed by atoms with E-state index in [0.717, 1.165) is 23.0 Å². The summed E-state index contributed by atoms with van der Waals surface area (Å²) in [4.78, 5) is 15.2. The SMILES string of the molecule is O=Cc1cc(-c2ccncc2)cn1COCc1ccccc1. The zero-order chi connectivity index (χ0) is 15.2. The Bertz CT molecular complexity index is 736. The maximum absolute atomic E-state index is 11.2. The third-order valence-electron chi connectivity index (χ3n) is 3.41. The van der Waals surface area contributed by atoms with E-state index in [9.17, 15) is 4.79 Å². The third kappa shape index (κ3) is 3.30. The van der Waals surface area contributed by atoms with E-state index in [4.69, 9.17) is 4.74 Å². The number of carbonyl (C=O) groups excluding carboxylic acids is 1. The van der Waals surface area contributed by atoms with Gasteiger partial charge in [-0.3, -0.25) is 9.78 Å². The maximum Gasteiger partial charge on any atom is 0.166 e. The normalized spacial score (nSPS) is 10.5. The van der Waals surface area contributed by atoms with Gasteiger partial charge in [-0.05, 0) is 29.3 Å². The number of rotatable bonds is 6. The quantitative estimate of drug-likeness (QED) is 0.653. The molecule has 0 amide bonds. The van der Waals surface area contributed by atoms with Crippen LogP contribution in [0.1, 0.15) is 16.1 Å². The van der Waals surface area contributed by atoms with Crippen LogP contribution in [0.4, 0.5) is 0 Å². The Kier molecular flexibility index (Phi) is 4.41. The summed E-state index contributed by atoms with van der Waals surface area (Å²) in [6, 6.07) is 15.6. The Hall–Kier alpha value is -2.72. The van der Waals surface area contributed by atoms with Crippen LogP contribution in [0.25, 0.3) is 11.1 Å². The third-order valence-corrected chi connectivity index (χ3v) is 3.41. The molecular weight excluding hydrogens is 276 g/mol. The lowest BCUT2D eigenvalue weighted by Crippen LogP contribution is -2.04. The van der Waals surface area contributed by atoms with Crippen molar-refractivity contribution < 1.29 is 9.53 Å². The summed E-state index contributed by atoms with van der Waals surface area (Å²) in [5.74, 6) is 0. The molecule has 0 saturated heterocycles. The average Bonchev–Trinajstić information content (AvgIpc) is 3.00. The number of hydrogen-bond acceptors (Lipinski definition) is 3. The van der Waals surface area contributed by atoms with E-state index in [0.29, 0.717) is 19.0 Å². The highest BCUT2D eigenvalue weighted by Crippen LogP contribution is 2.21. The van der Waals surface area contributed by atoms with Gasteiger partial charge in [0.05, 0.1) is 12.3 Å².